The Balaban J connectivity index is 2.92. The van der Waals surface area contributed by atoms with E-state index in [2.05, 4.69) is 5.92 Å². The number of hydrogen-bond acceptors (Lipinski definition) is 7. The number of methoxy groups -OCH3 is 4. The molecule has 0 aromatic heterocycles. The van der Waals surface area contributed by atoms with Crippen LogP contribution in [-0.2, 0) is 28.5 Å². The van der Waals surface area contributed by atoms with Gasteiger partial charge in [-0.1, -0.05) is 23.8 Å². The summed E-state index contributed by atoms with van der Waals surface area (Å²) in [7, 11) is 5.94. The Labute approximate surface area is 167 Å². The van der Waals surface area contributed by atoms with Crippen LogP contribution in [0.3, 0.4) is 0 Å². The van der Waals surface area contributed by atoms with Gasteiger partial charge in [0, 0.05) is 40.6 Å². The number of aliphatic hydroxyl groups is 1. The van der Waals surface area contributed by atoms with E-state index in [1.807, 2.05) is 19.1 Å². The van der Waals surface area contributed by atoms with E-state index in [-0.39, 0.29) is 18.6 Å². The molecule has 0 bridgehead atoms. The minimum atomic E-state index is -1.21. The molecule has 5 atom stereocenters. The molecule has 158 valence electrons. The van der Waals surface area contributed by atoms with Crippen molar-refractivity contribution in [3.63, 3.8) is 0 Å². The second-order valence-electron chi connectivity index (χ2n) is 6.76. The van der Waals surface area contributed by atoms with Crippen LogP contribution in [-0.4, -0.2) is 69.7 Å². The standard InChI is InChI=1S/C21H32O7/c1-7-8-16(24-3)10-9-15(2)11-18(22)19-12-17(25-4)13-21(27-6,28-19)14-20(23)26-5/h1,9-11,16-19,22H,8,12-14H2,2-6H3/b10-9+,15-11+/t16-,17-,18+,19-,21+/m1/s1. The molecule has 7 nitrogen and oxygen atoms in total. The number of carbonyl (C=O) groups is 1. The Morgan fingerprint density at radius 1 is 1.39 bits per heavy atom. The summed E-state index contributed by atoms with van der Waals surface area (Å²) in [6.45, 7) is 1.86. The van der Waals surface area contributed by atoms with Crippen molar-refractivity contribution in [1.82, 2.24) is 0 Å². The average molecular weight is 396 g/mol. The van der Waals surface area contributed by atoms with Gasteiger partial charge >= 0.3 is 5.97 Å². The zero-order valence-electron chi connectivity index (χ0n) is 17.3. The molecule has 1 aliphatic rings. The third-order valence-electron chi connectivity index (χ3n) is 4.76. The number of ether oxygens (including phenoxy) is 5. The number of esters is 1. The minimum absolute atomic E-state index is 0.0900. The highest BCUT2D eigenvalue weighted by molar-refractivity contribution is 5.70. The Bertz CT molecular complexity index is 592. The normalized spacial score (nSPS) is 28.0. The molecule has 1 fully saturated rings. The van der Waals surface area contributed by atoms with Gasteiger partial charge in [-0.05, 0) is 6.92 Å². The van der Waals surface area contributed by atoms with Crippen molar-refractivity contribution >= 4 is 5.97 Å². The van der Waals surface area contributed by atoms with Gasteiger partial charge in [0.1, 0.15) is 0 Å². The third kappa shape index (κ3) is 7.38. The third-order valence-corrected chi connectivity index (χ3v) is 4.76. The number of aliphatic hydroxyl groups excluding tert-OH is 1. The first-order valence-corrected chi connectivity index (χ1v) is 9.16. The molecule has 0 aromatic carbocycles. The maximum absolute atomic E-state index is 11.8. The molecule has 7 heteroatoms. The number of rotatable bonds is 10. The second kappa shape index (κ2) is 12.0. The number of hydrogen-bond donors (Lipinski definition) is 1. The van der Waals surface area contributed by atoms with E-state index in [0.717, 1.165) is 5.57 Å². The van der Waals surface area contributed by atoms with E-state index < -0.39 is 24.0 Å². The van der Waals surface area contributed by atoms with E-state index in [4.69, 9.17) is 30.1 Å². The molecule has 1 heterocycles. The summed E-state index contributed by atoms with van der Waals surface area (Å²) >= 11 is 0. The maximum atomic E-state index is 11.8. The molecule has 0 radical (unpaired) electrons. The molecule has 0 aromatic rings. The van der Waals surface area contributed by atoms with E-state index in [9.17, 15) is 9.90 Å². The predicted molar refractivity (Wildman–Crippen MR) is 104 cm³/mol. The quantitative estimate of drug-likeness (QED) is 0.343. The lowest BCUT2D eigenvalue weighted by Gasteiger charge is -2.43. The van der Waals surface area contributed by atoms with E-state index >= 15 is 0 Å². The fourth-order valence-electron chi connectivity index (χ4n) is 3.10. The molecule has 1 N–H and O–H groups in total. The largest absolute Gasteiger partial charge is 0.469 e. The van der Waals surface area contributed by atoms with E-state index in [1.165, 1.54) is 14.2 Å². The summed E-state index contributed by atoms with van der Waals surface area (Å²) in [4.78, 5) is 11.8. The fraction of sp³-hybridized carbons (Fsp3) is 0.667. The van der Waals surface area contributed by atoms with Crippen LogP contribution < -0.4 is 0 Å². The second-order valence-corrected chi connectivity index (χ2v) is 6.76. The Kier molecular flexibility index (Phi) is 10.4. The molecule has 0 unspecified atom stereocenters. The van der Waals surface area contributed by atoms with Gasteiger partial charge in [0.05, 0.1) is 37.9 Å². The Hall–Kier alpha value is -1.69. The van der Waals surface area contributed by atoms with Crippen molar-refractivity contribution in [2.75, 3.05) is 28.4 Å². The van der Waals surface area contributed by atoms with Crippen molar-refractivity contribution in [3.05, 3.63) is 23.8 Å². The van der Waals surface area contributed by atoms with Gasteiger partial charge in [-0.25, -0.2) is 0 Å². The van der Waals surface area contributed by atoms with E-state index in [0.29, 0.717) is 19.3 Å². The zero-order valence-corrected chi connectivity index (χ0v) is 17.3. The topological polar surface area (TPSA) is 83.5 Å². The number of carbonyl (C=O) groups excluding carboxylic acids is 1. The molecule has 0 amide bonds. The lowest BCUT2D eigenvalue weighted by Crippen LogP contribution is -2.52. The molecule has 28 heavy (non-hydrogen) atoms. The van der Waals surface area contributed by atoms with Gasteiger partial charge < -0.3 is 28.8 Å². The molecule has 1 saturated heterocycles. The molecular formula is C21H32O7. The van der Waals surface area contributed by atoms with Gasteiger partial charge in [-0.2, -0.15) is 0 Å². The van der Waals surface area contributed by atoms with Gasteiger partial charge in [0.25, 0.3) is 0 Å². The van der Waals surface area contributed by atoms with Crippen LogP contribution in [0.4, 0.5) is 0 Å². The summed E-state index contributed by atoms with van der Waals surface area (Å²) in [5.74, 6) is 0.888. The summed E-state index contributed by atoms with van der Waals surface area (Å²) in [6.07, 6.45) is 9.95. The first kappa shape index (κ1) is 24.3. The van der Waals surface area contributed by atoms with Crippen molar-refractivity contribution in [2.45, 2.75) is 62.8 Å². The number of allylic oxidation sites excluding steroid dienone is 2. The maximum Gasteiger partial charge on any atom is 0.310 e. The van der Waals surface area contributed by atoms with Crippen LogP contribution in [0.2, 0.25) is 0 Å². The fourth-order valence-corrected chi connectivity index (χ4v) is 3.10. The van der Waals surface area contributed by atoms with Crippen molar-refractivity contribution in [2.24, 2.45) is 0 Å². The summed E-state index contributed by atoms with van der Waals surface area (Å²) in [6, 6.07) is 0. The lowest BCUT2D eigenvalue weighted by atomic mass is 9.92. The van der Waals surface area contributed by atoms with Crippen molar-refractivity contribution in [3.8, 4) is 12.3 Å². The van der Waals surface area contributed by atoms with Crippen LogP contribution in [0.25, 0.3) is 0 Å². The monoisotopic (exact) mass is 396 g/mol. The van der Waals surface area contributed by atoms with Crippen LogP contribution in [0.5, 0.6) is 0 Å². The molecule has 1 aliphatic heterocycles. The summed E-state index contributed by atoms with van der Waals surface area (Å²) < 4.78 is 27.0. The predicted octanol–water partition coefficient (Wildman–Crippen LogP) is 1.99. The van der Waals surface area contributed by atoms with Crippen LogP contribution in [0.1, 0.15) is 32.6 Å². The van der Waals surface area contributed by atoms with Crippen LogP contribution >= 0.6 is 0 Å². The molecule has 0 spiro atoms. The van der Waals surface area contributed by atoms with E-state index in [1.54, 1.807) is 20.3 Å². The summed E-state index contributed by atoms with van der Waals surface area (Å²) in [5, 5.41) is 10.7. The number of terminal acetylenes is 1. The molecule has 0 saturated carbocycles. The van der Waals surface area contributed by atoms with Crippen LogP contribution in [0.15, 0.2) is 23.8 Å². The lowest BCUT2D eigenvalue weighted by molar-refractivity contribution is -0.298. The highest BCUT2D eigenvalue weighted by Gasteiger charge is 2.45. The molecular weight excluding hydrogens is 364 g/mol. The smallest absolute Gasteiger partial charge is 0.310 e. The zero-order chi connectivity index (χ0) is 21.2. The van der Waals surface area contributed by atoms with Crippen LogP contribution in [0, 0.1) is 12.3 Å². The van der Waals surface area contributed by atoms with Crippen molar-refractivity contribution < 1.29 is 33.6 Å². The molecule has 0 aliphatic carbocycles. The van der Waals surface area contributed by atoms with Gasteiger partial charge in [-0.3, -0.25) is 4.79 Å². The first-order valence-electron chi connectivity index (χ1n) is 9.16. The van der Waals surface area contributed by atoms with Gasteiger partial charge in [0.15, 0.2) is 5.79 Å². The van der Waals surface area contributed by atoms with Crippen molar-refractivity contribution in [1.29, 1.82) is 0 Å². The average Bonchev–Trinajstić information content (AvgIpc) is 2.70. The summed E-state index contributed by atoms with van der Waals surface area (Å²) in [5.41, 5.74) is 0.825. The van der Waals surface area contributed by atoms with Gasteiger partial charge in [0.2, 0.25) is 0 Å². The molecule has 1 rings (SSSR count). The Morgan fingerprint density at radius 2 is 2.11 bits per heavy atom. The highest BCUT2D eigenvalue weighted by Crippen LogP contribution is 2.35. The SMILES string of the molecule is C#CC[C@H](/C=C/C(C)=C/[C@H](O)[C@H]1C[C@@H](OC)C[C@](CC(=O)OC)(OC)O1)OC. The Morgan fingerprint density at radius 3 is 2.64 bits per heavy atom. The minimum Gasteiger partial charge on any atom is -0.469 e. The van der Waals surface area contributed by atoms with Gasteiger partial charge in [-0.15, -0.1) is 12.3 Å². The highest BCUT2D eigenvalue weighted by atomic mass is 16.7. The first-order chi connectivity index (χ1) is 13.3.